The van der Waals surface area contributed by atoms with Gasteiger partial charge in [-0.05, 0) is 0 Å². The number of hydrogen-bond donors (Lipinski definition) is 4. The van der Waals surface area contributed by atoms with E-state index in [1.165, 1.54) is 0 Å². The highest BCUT2D eigenvalue weighted by atomic mass is 31.2. The molecular weight excluding hydrogens is 295 g/mol. The Morgan fingerprint density at radius 1 is 1.50 bits per heavy atom. The SMILES string of the molecule is O=c1ccn([C@@H]2OC(OCP(=O)(O)O)CC2O)c(=O)[nH]1. The Balaban J connectivity index is 2.09. The van der Waals surface area contributed by atoms with Gasteiger partial charge in [-0.1, -0.05) is 0 Å². The number of hydrogen-bond acceptors (Lipinski definition) is 6. The van der Waals surface area contributed by atoms with Gasteiger partial charge in [0.05, 0.1) is 0 Å². The number of nitrogens with one attached hydrogen (secondary N) is 1. The molecule has 0 amide bonds. The van der Waals surface area contributed by atoms with Gasteiger partial charge in [-0.2, -0.15) is 0 Å². The topological polar surface area (TPSA) is 151 Å². The van der Waals surface area contributed by atoms with Crippen molar-refractivity contribution in [1.82, 2.24) is 9.55 Å². The van der Waals surface area contributed by atoms with Crippen molar-refractivity contribution in [2.75, 3.05) is 6.35 Å². The van der Waals surface area contributed by atoms with E-state index in [0.717, 1.165) is 16.8 Å². The van der Waals surface area contributed by atoms with Gasteiger partial charge in [0.1, 0.15) is 6.10 Å². The first-order chi connectivity index (χ1) is 9.26. The molecule has 112 valence electrons. The van der Waals surface area contributed by atoms with Crippen LogP contribution in [-0.2, 0) is 14.0 Å². The maximum atomic E-state index is 11.5. The third-order valence-electron chi connectivity index (χ3n) is 2.61. The molecule has 1 aromatic rings. The van der Waals surface area contributed by atoms with Crippen LogP contribution in [0.4, 0.5) is 0 Å². The standard InChI is InChI=1S/C9H13N2O8P/c12-5-3-7(18-4-20(15,16)17)19-8(5)11-2-1-6(13)10-9(11)14/h1-2,5,7-8,12H,3-4H2,(H,10,13,14)(H2,15,16,17)/t5?,7?,8-/m1/s1. The van der Waals surface area contributed by atoms with Gasteiger partial charge in [-0.25, -0.2) is 4.79 Å². The molecule has 0 aliphatic carbocycles. The normalized spacial score (nSPS) is 26.9. The average Bonchev–Trinajstić information content (AvgIpc) is 2.67. The van der Waals surface area contributed by atoms with Gasteiger partial charge in [-0.3, -0.25) is 18.9 Å². The molecule has 3 atom stereocenters. The van der Waals surface area contributed by atoms with E-state index in [2.05, 4.69) is 0 Å². The van der Waals surface area contributed by atoms with Crippen molar-refractivity contribution < 1.29 is 28.9 Å². The van der Waals surface area contributed by atoms with E-state index in [0.29, 0.717) is 0 Å². The highest BCUT2D eigenvalue weighted by Gasteiger charge is 2.37. The van der Waals surface area contributed by atoms with Crippen molar-refractivity contribution in [3.8, 4) is 0 Å². The number of aliphatic hydroxyl groups excluding tert-OH is 1. The van der Waals surface area contributed by atoms with Crippen molar-refractivity contribution in [2.45, 2.75) is 25.0 Å². The first kappa shape index (κ1) is 15.1. The molecule has 0 bridgehead atoms. The largest absolute Gasteiger partial charge is 0.388 e. The Kier molecular flexibility index (Phi) is 4.23. The van der Waals surface area contributed by atoms with Crippen molar-refractivity contribution in [1.29, 1.82) is 0 Å². The van der Waals surface area contributed by atoms with E-state index in [9.17, 15) is 19.3 Å². The van der Waals surface area contributed by atoms with Gasteiger partial charge in [0.25, 0.3) is 5.56 Å². The molecular formula is C9H13N2O8P. The Morgan fingerprint density at radius 2 is 2.20 bits per heavy atom. The van der Waals surface area contributed by atoms with Crippen molar-refractivity contribution in [2.24, 2.45) is 0 Å². The fraction of sp³-hybridized carbons (Fsp3) is 0.556. The second kappa shape index (κ2) is 5.60. The zero-order valence-corrected chi connectivity index (χ0v) is 11.0. The molecule has 1 aliphatic heterocycles. The van der Waals surface area contributed by atoms with Gasteiger partial charge >= 0.3 is 13.3 Å². The zero-order chi connectivity index (χ0) is 14.9. The van der Waals surface area contributed by atoms with Gasteiger partial charge in [0.15, 0.2) is 18.9 Å². The third-order valence-corrected chi connectivity index (χ3v) is 3.09. The lowest BCUT2D eigenvalue weighted by Crippen LogP contribution is -2.34. The lowest BCUT2D eigenvalue weighted by atomic mass is 10.2. The van der Waals surface area contributed by atoms with Crippen LogP contribution in [-0.4, -0.2) is 43.2 Å². The van der Waals surface area contributed by atoms with Crippen LogP contribution in [0, 0.1) is 0 Å². The number of H-pyrrole nitrogens is 1. The van der Waals surface area contributed by atoms with E-state index < -0.39 is 43.8 Å². The summed E-state index contributed by atoms with van der Waals surface area (Å²) in [5.74, 6) is 0. The lowest BCUT2D eigenvalue weighted by molar-refractivity contribution is -0.147. The summed E-state index contributed by atoms with van der Waals surface area (Å²) < 4.78 is 21.7. The number of nitrogens with zero attached hydrogens (tertiary/aromatic N) is 1. The summed E-state index contributed by atoms with van der Waals surface area (Å²) in [7, 11) is -4.35. The quantitative estimate of drug-likeness (QED) is 0.480. The Morgan fingerprint density at radius 3 is 2.80 bits per heavy atom. The van der Waals surface area contributed by atoms with Crippen LogP contribution in [0.25, 0.3) is 0 Å². The minimum absolute atomic E-state index is 0.0593. The predicted molar refractivity (Wildman–Crippen MR) is 63.9 cm³/mol. The molecule has 4 N–H and O–H groups in total. The fourth-order valence-electron chi connectivity index (χ4n) is 1.78. The van der Waals surface area contributed by atoms with Crippen molar-refractivity contribution in [3.05, 3.63) is 33.1 Å². The molecule has 2 heterocycles. The van der Waals surface area contributed by atoms with Gasteiger partial charge in [-0.15, -0.1) is 0 Å². The van der Waals surface area contributed by atoms with Crippen LogP contribution in [0.1, 0.15) is 12.6 Å². The molecule has 1 aromatic heterocycles. The monoisotopic (exact) mass is 308 g/mol. The third kappa shape index (κ3) is 3.63. The van der Waals surface area contributed by atoms with Crippen LogP contribution in [0.2, 0.25) is 0 Å². The molecule has 20 heavy (non-hydrogen) atoms. The summed E-state index contributed by atoms with van der Waals surface area (Å²) in [6.07, 6.45) is -3.02. The molecule has 1 fully saturated rings. The van der Waals surface area contributed by atoms with Crippen molar-refractivity contribution >= 4 is 7.60 Å². The van der Waals surface area contributed by atoms with Crippen LogP contribution >= 0.6 is 7.60 Å². The summed E-state index contributed by atoms with van der Waals surface area (Å²) in [4.78, 5) is 41.8. The fourth-order valence-corrected chi connectivity index (χ4v) is 2.14. The number of aliphatic hydroxyl groups is 1. The lowest BCUT2D eigenvalue weighted by Gasteiger charge is -2.17. The van der Waals surface area contributed by atoms with Gasteiger partial charge in [0, 0.05) is 18.7 Å². The maximum Gasteiger partial charge on any atom is 0.351 e. The maximum absolute atomic E-state index is 11.5. The second-order valence-corrected chi connectivity index (χ2v) is 5.82. The molecule has 1 saturated heterocycles. The van der Waals surface area contributed by atoms with E-state index in [1.807, 2.05) is 4.98 Å². The minimum Gasteiger partial charge on any atom is -0.388 e. The smallest absolute Gasteiger partial charge is 0.351 e. The summed E-state index contributed by atoms with van der Waals surface area (Å²) in [6, 6.07) is 1.08. The van der Waals surface area contributed by atoms with Crippen LogP contribution in [0.3, 0.4) is 0 Å². The zero-order valence-electron chi connectivity index (χ0n) is 10.1. The molecule has 2 rings (SSSR count). The molecule has 10 nitrogen and oxygen atoms in total. The highest BCUT2D eigenvalue weighted by Crippen LogP contribution is 2.37. The summed E-state index contributed by atoms with van der Waals surface area (Å²) in [5.41, 5.74) is -1.36. The minimum atomic E-state index is -4.35. The Hall–Kier alpha value is -1.29. The van der Waals surface area contributed by atoms with Crippen molar-refractivity contribution in [3.63, 3.8) is 0 Å². The van der Waals surface area contributed by atoms with Crippen LogP contribution in [0.15, 0.2) is 21.9 Å². The number of ether oxygens (including phenoxy) is 2. The number of rotatable bonds is 4. The van der Waals surface area contributed by atoms with Gasteiger partial charge < -0.3 is 24.4 Å². The molecule has 0 radical (unpaired) electrons. The first-order valence-electron chi connectivity index (χ1n) is 5.57. The number of aromatic amines is 1. The molecule has 2 unspecified atom stereocenters. The summed E-state index contributed by atoms with van der Waals surface area (Å²) in [5, 5.41) is 9.79. The molecule has 0 saturated carbocycles. The first-order valence-corrected chi connectivity index (χ1v) is 7.37. The predicted octanol–water partition coefficient (Wildman–Crippen LogP) is -1.71. The molecule has 11 heteroatoms. The number of aromatic nitrogens is 2. The van der Waals surface area contributed by atoms with Gasteiger partial charge in [0.2, 0.25) is 0 Å². The van der Waals surface area contributed by atoms with E-state index in [4.69, 9.17) is 19.3 Å². The second-order valence-electron chi connectivity index (χ2n) is 4.24. The molecule has 1 aliphatic rings. The summed E-state index contributed by atoms with van der Waals surface area (Å²) in [6.45, 7) is 0. The molecule has 0 spiro atoms. The molecule has 0 aromatic carbocycles. The van der Waals surface area contributed by atoms with Crippen LogP contribution in [0.5, 0.6) is 0 Å². The Labute approximate surface area is 111 Å². The van der Waals surface area contributed by atoms with E-state index in [1.54, 1.807) is 0 Å². The van der Waals surface area contributed by atoms with Crippen LogP contribution < -0.4 is 11.2 Å². The average molecular weight is 308 g/mol. The van der Waals surface area contributed by atoms with E-state index in [-0.39, 0.29) is 6.42 Å². The summed E-state index contributed by atoms with van der Waals surface area (Å²) >= 11 is 0. The van der Waals surface area contributed by atoms with E-state index >= 15 is 0 Å². The highest BCUT2D eigenvalue weighted by molar-refractivity contribution is 7.51. The Bertz CT molecular complexity index is 633.